The maximum absolute atomic E-state index is 8.87. The summed E-state index contributed by atoms with van der Waals surface area (Å²) in [7, 11) is 0. The molecular formula is C10H15N3O2. The molecule has 1 fully saturated rings. The molecule has 1 aliphatic rings. The summed E-state index contributed by atoms with van der Waals surface area (Å²) in [5.41, 5.74) is 0.613. The van der Waals surface area contributed by atoms with Crippen LogP contribution in [-0.2, 0) is 0 Å². The maximum Gasteiger partial charge on any atom is 0.108 e. The molecule has 1 aliphatic carbocycles. The van der Waals surface area contributed by atoms with Crippen LogP contribution in [0, 0.1) is 28.6 Å². The predicted molar refractivity (Wildman–Crippen MR) is 55.1 cm³/mol. The van der Waals surface area contributed by atoms with Crippen LogP contribution < -0.4 is 0 Å². The summed E-state index contributed by atoms with van der Waals surface area (Å²) in [5, 5.41) is 32.3. The fraction of sp³-hybridized carbons (Fsp3) is 0.700. The Balaban J connectivity index is 2.88. The van der Waals surface area contributed by atoms with E-state index in [1.165, 1.54) is 0 Å². The van der Waals surface area contributed by atoms with Crippen LogP contribution in [0.15, 0.2) is 10.3 Å². The van der Waals surface area contributed by atoms with E-state index in [1.807, 2.05) is 13.8 Å². The highest BCUT2D eigenvalue weighted by molar-refractivity contribution is 6.42. The number of hydrogen-bond acceptors (Lipinski definition) is 5. The van der Waals surface area contributed by atoms with Gasteiger partial charge in [0.1, 0.15) is 11.4 Å². The van der Waals surface area contributed by atoms with Crippen LogP contribution in [0.1, 0.15) is 27.2 Å². The van der Waals surface area contributed by atoms with Gasteiger partial charge in [-0.1, -0.05) is 24.2 Å². The Bertz CT molecular complexity index is 352. The van der Waals surface area contributed by atoms with Crippen molar-refractivity contribution in [2.75, 3.05) is 0 Å². The van der Waals surface area contributed by atoms with Crippen LogP contribution in [0.3, 0.4) is 0 Å². The van der Waals surface area contributed by atoms with Crippen molar-refractivity contribution in [1.82, 2.24) is 0 Å². The molecule has 0 radical (unpaired) electrons. The minimum absolute atomic E-state index is 0.00181. The van der Waals surface area contributed by atoms with Gasteiger partial charge < -0.3 is 10.4 Å². The van der Waals surface area contributed by atoms with Gasteiger partial charge in [-0.3, -0.25) is 0 Å². The summed E-state index contributed by atoms with van der Waals surface area (Å²) >= 11 is 0. The molecule has 0 saturated heterocycles. The van der Waals surface area contributed by atoms with Gasteiger partial charge in [0.15, 0.2) is 0 Å². The first kappa shape index (κ1) is 11.5. The van der Waals surface area contributed by atoms with E-state index in [0.29, 0.717) is 17.8 Å². The zero-order valence-electron chi connectivity index (χ0n) is 9.10. The summed E-state index contributed by atoms with van der Waals surface area (Å²) < 4.78 is 0. The van der Waals surface area contributed by atoms with E-state index < -0.39 is 0 Å². The highest BCUT2D eigenvalue weighted by atomic mass is 16.4. The monoisotopic (exact) mass is 209 g/mol. The Morgan fingerprint density at radius 2 is 2.00 bits per heavy atom. The second-order valence-corrected chi connectivity index (χ2v) is 4.44. The first-order valence-electron chi connectivity index (χ1n) is 4.78. The molecular weight excluding hydrogens is 194 g/mol. The zero-order chi connectivity index (χ0) is 11.6. The normalized spacial score (nSPS) is 29.7. The van der Waals surface area contributed by atoms with Gasteiger partial charge in [-0.05, 0) is 18.3 Å². The average Bonchev–Trinajstić information content (AvgIpc) is 2.71. The predicted octanol–water partition coefficient (Wildman–Crippen LogP) is 1.85. The smallest absolute Gasteiger partial charge is 0.108 e. The fourth-order valence-corrected chi connectivity index (χ4v) is 2.18. The van der Waals surface area contributed by atoms with Crippen molar-refractivity contribution < 1.29 is 10.4 Å². The van der Waals surface area contributed by atoms with Crippen molar-refractivity contribution in [2.24, 2.45) is 27.6 Å². The lowest BCUT2D eigenvalue weighted by atomic mass is 10.0. The third-order valence-electron chi connectivity index (χ3n) is 3.28. The van der Waals surface area contributed by atoms with Crippen LogP contribution in [0.25, 0.3) is 0 Å². The van der Waals surface area contributed by atoms with Gasteiger partial charge in [0, 0.05) is 12.3 Å². The highest BCUT2D eigenvalue weighted by Gasteiger charge is 2.60. The Hall–Kier alpha value is -1.57. The molecule has 0 bridgehead atoms. The Morgan fingerprint density at radius 3 is 2.40 bits per heavy atom. The number of nitrogens with zero attached hydrogens (tertiary/aromatic N) is 3. The topological polar surface area (TPSA) is 89.0 Å². The molecule has 2 unspecified atom stereocenters. The summed E-state index contributed by atoms with van der Waals surface area (Å²) in [6.07, 6.45) is 0.426. The van der Waals surface area contributed by atoms with E-state index >= 15 is 0 Å². The van der Waals surface area contributed by atoms with E-state index in [-0.39, 0.29) is 17.3 Å². The first-order chi connectivity index (χ1) is 7.00. The van der Waals surface area contributed by atoms with Gasteiger partial charge in [0.05, 0.1) is 6.07 Å². The molecule has 0 aromatic carbocycles. The molecule has 82 valence electrons. The Morgan fingerprint density at radius 1 is 1.40 bits per heavy atom. The quantitative estimate of drug-likeness (QED) is 0.422. The third kappa shape index (κ3) is 1.80. The zero-order valence-corrected chi connectivity index (χ0v) is 9.10. The van der Waals surface area contributed by atoms with E-state index in [9.17, 15) is 0 Å². The van der Waals surface area contributed by atoms with E-state index in [4.69, 9.17) is 15.7 Å². The fourth-order valence-electron chi connectivity index (χ4n) is 2.18. The van der Waals surface area contributed by atoms with Crippen LogP contribution in [0.2, 0.25) is 0 Å². The van der Waals surface area contributed by atoms with Crippen molar-refractivity contribution in [3.63, 3.8) is 0 Å². The summed E-state index contributed by atoms with van der Waals surface area (Å²) in [4.78, 5) is 0. The minimum Gasteiger partial charge on any atom is -0.411 e. The third-order valence-corrected chi connectivity index (χ3v) is 3.28. The number of oxime groups is 2. The second kappa shape index (κ2) is 3.89. The molecule has 5 heteroatoms. The van der Waals surface area contributed by atoms with E-state index in [1.54, 1.807) is 6.92 Å². The maximum atomic E-state index is 8.87. The Kier molecular flexibility index (Phi) is 2.98. The van der Waals surface area contributed by atoms with E-state index in [0.717, 1.165) is 0 Å². The summed E-state index contributed by atoms with van der Waals surface area (Å²) in [6, 6.07) is 2.11. The number of nitriles is 1. The largest absolute Gasteiger partial charge is 0.411 e. The van der Waals surface area contributed by atoms with Crippen LogP contribution in [0.4, 0.5) is 0 Å². The number of hydrogen-bond donors (Lipinski definition) is 2. The average molecular weight is 209 g/mol. The van der Waals surface area contributed by atoms with Crippen LogP contribution >= 0.6 is 0 Å². The van der Waals surface area contributed by atoms with Crippen LogP contribution in [-0.4, -0.2) is 21.8 Å². The van der Waals surface area contributed by atoms with Gasteiger partial charge in [-0.2, -0.15) is 5.26 Å². The van der Waals surface area contributed by atoms with Crippen molar-refractivity contribution in [3.8, 4) is 6.07 Å². The lowest BCUT2D eigenvalue weighted by Gasteiger charge is -2.03. The summed E-state index contributed by atoms with van der Waals surface area (Å²) in [6.45, 7) is 5.60. The molecule has 2 N–H and O–H groups in total. The van der Waals surface area contributed by atoms with Gasteiger partial charge in [0.2, 0.25) is 0 Å². The van der Waals surface area contributed by atoms with Crippen molar-refractivity contribution in [1.29, 1.82) is 5.26 Å². The molecule has 2 atom stereocenters. The minimum atomic E-state index is -0.0662. The molecule has 1 rings (SSSR count). The van der Waals surface area contributed by atoms with Crippen LogP contribution in [0.5, 0.6) is 0 Å². The van der Waals surface area contributed by atoms with Crippen molar-refractivity contribution in [3.05, 3.63) is 0 Å². The summed E-state index contributed by atoms with van der Waals surface area (Å²) in [5.74, 6) is 0.170. The number of rotatable bonds is 3. The van der Waals surface area contributed by atoms with Gasteiger partial charge in [0.25, 0.3) is 0 Å². The Labute approximate surface area is 88.7 Å². The molecule has 0 aromatic heterocycles. The second-order valence-electron chi connectivity index (χ2n) is 4.44. The highest BCUT2D eigenvalue weighted by Crippen LogP contribution is 2.60. The molecule has 5 nitrogen and oxygen atoms in total. The molecule has 0 spiro atoms. The standard InChI is InChI=1S/C10H15N3O2/c1-6(12-14)9(13-15)8-7(4-5-11)10(8,2)3/h7-8,14-15H,4H2,1-3H3/b12-6-,13-9+. The van der Waals surface area contributed by atoms with E-state index in [2.05, 4.69) is 16.4 Å². The molecule has 0 heterocycles. The first-order valence-corrected chi connectivity index (χ1v) is 4.78. The lowest BCUT2D eigenvalue weighted by Crippen LogP contribution is -2.16. The molecule has 0 amide bonds. The van der Waals surface area contributed by atoms with Gasteiger partial charge in [-0.15, -0.1) is 0 Å². The molecule has 1 saturated carbocycles. The molecule has 0 aromatic rings. The van der Waals surface area contributed by atoms with Crippen molar-refractivity contribution in [2.45, 2.75) is 27.2 Å². The SMILES string of the molecule is CC(=N/O)/C(=N\O)C1C(CC#N)C1(C)C. The molecule has 0 aliphatic heterocycles. The molecule has 15 heavy (non-hydrogen) atoms. The lowest BCUT2D eigenvalue weighted by molar-refractivity contribution is 0.312. The van der Waals surface area contributed by atoms with Gasteiger partial charge in [-0.25, -0.2) is 0 Å². The van der Waals surface area contributed by atoms with Gasteiger partial charge >= 0.3 is 0 Å². The van der Waals surface area contributed by atoms with Crippen molar-refractivity contribution >= 4 is 11.4 Å².